The highest BCUT2D eigenvalue weighted by molar-refractivity contribution is 8.00. The number of para-hydroxylation sites is 1. The van der Waals surface area contributed by atoms with E-state index in [-0.39, 0.29) is 11.6 Å². The van der Waals surface area contributed by atoms with Crippen LogP contribution in [-0.4, -0.2) is 32.9 Å². The van der Waals surface area contributed by atoms with Gasteiger partial charge in [0.15, 0.2) is 5.13 Å². The van der Waals surface area contributed by atoms with Crippen LogP contribution in [0.15, 0.2) is 143 Å². The molecule has 0 saturated carbocycles. The lowest BCUT2D eigenvalue weighted by atomic mass is 10.1. The van der Waals surface area contributed by atoms with E-state index in [0.29, 0.717) is 16.4 Å². The Hall–Kier alpha value is -5.97. The van der Waals surface area contributed by atoms with Crippen LogP contribution < -0.4 is 16.0 Å². The van der Waals surface area contributed by atoms with Crippen LogP contribution >= 0.6 is 23.1 Å². The first-order valence-electron chi connectivity index (χ1n) is 15.9. The van der Waals surface area contributed by atoms with Crippen LogP contribution in [-0.2, 0) is 9.59 Å². The van der Waals surface area contributed by atoms with E-state index in [1.807, 2.05) is 73.0 Å². The molecule has 5 aromatic carbocycles. The lowest BCUT2D eigenvalue weighted by Gasteiger charge is -2.13. The van der Waals surface area contributed by atoms with Crippen LogP contribution in [0.5, 0.6) is 0 Å². The molecule has 0 radical (unpaired) electrons. The van der Waals surface area contributed by atoms with E-state index < -0.39 is 17.1 Å². The number of benzene rings is 5. The quantitative estimate of drug-likeness (QED) is 0.0843. The van der Waals surface area contributed by atoms with Crippen LogP contribution in [0.4, 0.5) is 10.8 Å². The standard InChI is InChI=1S/C40H31N5O3S2/c1-25(37(46)45-40-44-36(24-49-40)29-19-18-26-10-5-6-13-28(26)20-29)50-32-15-9-14-31(22-32)42-39(48)35(43-38(47)27-11-3-2-4-12-27)21-30-23-41-34-17-8-7-16-33(30)34/h2-25,41H,1H3,(H,42,48)(H,43,47)(H,44,45,46)/b35-21-. The Labute approximate surface area is 296 Å². The zero-order valence-electron chi connectivity index (χ0n) is 26.8. The minimum Gasteiger partial charge on any atom is -0.361 e. The van der Waals surface area contributed by atoms with Gasteiger partial charge in [-0.2, -0.15) is 0 Å². The molecule has 0 aliphatic heterocycles. The number of nitrogens with one attached hydrogen (secondary N) is 4. The first kappa shape index (κ1) is 32.6. The highest BCUT2D eigenvalue weighted by Crippen LogP contribution is 2.30. The van der Waals surface area contributed by atoms with Gasteiger partial charge in [-0.1, -0.05) is 78.9 Å². The number of hydrogen-bond acceptors (Lipinski definition) is 6. The third-order valence-corrected chi connectivity index (χ3v) is 9.85. The molecule has 4 N–H and O–H groups in total. The number of carbonyl (C=O) groups is 3. The summed E-state index contributed by atoms with van der Waals surface area (Å²) in [6.45, 7) is 1.82. The highest BCUT2D eigenvalue weighted by Gasteiger charge is 2.19. The fraction of sp³-hybridized carbons (Fsp3) is 0.0500. The summed E-state index contributed by atoms with van der Waals surface area (Å²) in [6, 6.07) is 38.1. The van der Waals surface area contributed by atoms with Crippen molar-refractivity contribution in [3.05, 3.63) is 150 Å². The van der Waals surface area contributed by atoms with Crippen molar-refractivity contribution in [1.29, 1.82) is 0 Å². The molecular weight excluding hydrogens is 663 g/mol. The van der Waals surface area contributed by atoms with E-state index in [9.17, 15) is 14.4 Å². The number of amides is 3. The predicted molar refractivity (Wildman–Crippen MR) is 204 cm³/mol. The van der Waals surface area contributed by atoms with Crippen molar-refractivity contribution in [2.75, 3.05) is 10.6 Å². The fourth-order valence-corrected chi connectivity index (χ4v) is 7.08. The van der Waals surface area contributed by atoms with Crippen LogP contribution in [0.25, 0.3) is 39.0 Å². The van der Waals surface area contributed by atoms with Gasteiger partial charge in [0.25, 0.3) is 11.8 Å². The molecular formula is C40H31N5O3S2. The smallest absolute Gasteiger partial charge is 0.272 e. The number of rotatable bonds is 10. The summed E-state index contributed by atoms with van der Waals surface area (Å²) >= 11 is 2.74. The third-order valence-electron chi connectivity index (χ3n) is 8.00. The zero-order chi connectivity index (χ0) is 34.5. The van der Waals surface area contributed by atoms with Crippen LogP contribution in [0.2, 0.25) is 0 Å². The summed E-state index contributed by atoms with van der Waals surface area (Å²) in [4.78, 5) is 48.6. The van der Waals surface area contributed by atoms with E-state index in [1.165, 1.54) is 23.1 Å². The maximum Gasteiger partial charge on any atom is 0.272 e. The summed E-state index contributed by atoms with van der Waals surface area (Å²) in [7, 11) is 0. The number of nitrogens with zero attached hydrogens (tertiary/aromatic N) is 1. The monoisotopic (exact) mass is 693 g/mol. The highest BCUT2D eigenvalue weighted by atomic mass is 32.2. The second kappa shape index (κ2) is 14.7. The summed E-state index contributed by atoms with van der Waals surface area (Å²) in [5, 5.41) is 13.9. The van der Waals surface area contributed by atoms with Crippen LogP contribution in [0.3, 0.4) is 0 Å². The molecule has 0 aliphatic rings. The molecule has 50 heavy (non-hydrogen) atoms. The molecule has 1 unspecified atom stereocenters. The van der Waals surface area contributed by atoms with Crippen molar-refractivity contribution >= 4 is 79.4 Å². The first-order valence-corrected chi connectivity index (χ1v) is 17.6. The molecule has 0 fully saturated rings. The Kier molecular flexibility index (Phi) is 9.54. The van der Waals surface area contributed by atoms with Gasteiger partial charge in [-0.3, -0.25) is 14.4 Å². The number of thiazole rings is 1. The molecule has 0 spiro atoms. The van der Waals surface area contributed by atoms with Gasteiger partial charge >= 0.3 is 0 Å². The molecule has 2 aromatic heterocycles. The lowest BCUT2D eigenvalue weighted by Crippen LogP contribution is -2.30. The minimum absolute atomic E-state index is 0.0842. The van der Waals surface area contributed by atoms with E-state index in [0.717, 1.165) is 43.4 Å². The predicted octanol–water partition coefficient (Wildman–Crippen LogP) is 8.97. The number of hydrogen-bond donors (Lipinski definition) is 4. The van der Waals surface area contributed by atoms with E-state index in [1.54, 1.807) is 48.7 Å². The number of aromatic amines is 1. The molecule has 1 atom stereocenters. The summed E-state index contributed by atoms with van der Waals surface area (Å²) in [5.74, 6) is -1.07. The SMILES string of the molecule is CC(Sc1cccc(NC(=O)/C(=C/c2c[nH]c3ccccc23)NC(=O)c2ccccc2)c1)C(=O)Nc1nc(-c2ccc3ccccc3c2)cs1. The van der Waals surface area contributed by atoms with E-state index in [2.05, 4.69) is 50.2 Å². The second-order valence-corrected chi connectivity index (χ2v) is 13.8. The normalized spacial score (nSPS) is 12.1. The molecule has 2 heterocycles. The Balaban J connectivity index is 1.03. The van der Waals surface area contributed by atoms with Crippen molar-refractivity contribution in [3.63, 3.8) is 0 Å². The van der Waals surface area contributed by atoms with Crippen molar-refractivity contribution < 1.29 is 14.4 Å². The Morgan fingerprint density at radius 2 is 1.60 bits per heavy atom. The number of fused-ring (bicyclic) bond motifs is 2. The summed E-state index contributed by atoms with van der Waals surface area (Å²) < 4.78 is 0. The third kappa shape index (κ3) is 7.52. The molecule has 246 valence electrons. The maximum atomic E-state index is 13.7. The molecule has 0 aliphatic carbocycles. The van der Waals surface area contributed by atoms with Gasteiger partial charge in [0.1, 0.15) is 5.70 Å². The Bertz CT molecular complexity index is 2380. The average Bonchev–Trinajstić information content (AvgIpc) is 3.79. The van der Waals surface area contributed by atoms with Crippen molar-refractivity contribution in [2.45, 2.75) is 17.1 Å². The topological polar surface area (TPSA) is 116 Å². The van der Waals surface area contributed by atoms with Crippen molar-refractivity contribution in [2.24, 2.45) is 0 Å². The lowest BCUT2D eigenvalue weighted by molar-refractivity contribution is -0.115. The van der Waals surface area contributed by atoms with Gasteiger partial charge in [0.05, 0.1) is 10.9 Å². The van der Waals surface area contributed by atoms with Gasteiger partial charge in [-0.05, 0) is 66.2 Å². The molecule has 10 heteroatoms. The van der Waals surface area contributed by atoms with Gasteiger partial charge in [-0.25, -0.2) is 4.98 Å². The molecule has 8 nitrogen and oxygen atoms in total. The fourth-order valence-electron chi connectivity index (χ4n) is 5.43. The zero-order valence-corrected chi connectivity index (χ0v) is 28.5. The van der Waals surface area contributed by atoms with Crippen LogP contribution in [0.1, 0.15) is 22.8 Å². The van der Waals surface area contributed by atoms with Crippen molar-refractivity contribution in [3.8, 4) is 11.3 Å². The molecule has 3 amide bonds. The molecule has 7 aromatic rings. The Morgan fingerprint density at radius 1 is 0.820 bits per heavy atom. The van der Waals surface area contributed by atoms with Gasteiger partial charge in [-0.15, -0.1) is 23.1 Å². The summed E-state index contributed by atoms with van der Waals surface area (Å²) in [6.07, 6.45) is 3.45. The molecule has 7 rings (SSSR count). The number of thioether (sulfide) groups is 1. The van der Waals surface area contributed by atoms with E-state index >= 15 is 0 Å². The second-order valence-electron chi connectivity index (χ2n) is 11.5. The van der Waals surface area contributed by atoms with Crippen molar-refractivity contribution in [1.82, 2.24) is 15.3 Å². The minimum atomic E-state index is -0.488. The number of anilines is 2. The first-order chi connectivity index (χ1) is 24.4. The number of carbonyl (C=O) groups excluding carboxylic acids is 3. The van der Waals surface area contributed by atoms with Gasteiger partial charge in [0.2, 0.25) is 5.91 Å². The summed E-state index contributed by atoms with van der Waals surface area (Å²) in [5.41, 5.74) is 4.49. The number of aromatic nitrogens is 2. The van der Waals surface area contributed by atoms with Crippen LogP contribution in [0, 0.1) is 0 Å². The molecule has 0 saturated heterocycles. The van der Waals surface area contributed by atoms with E-state index in [4.69, 9.17) is 0 Å². The van der Waals surface area contributed by atoms with Gasteiger partial charge in [0, 0.05) is 49.8 Å². The van der Waals surface area contributed by atoms with Gasteiger partial charge < -0.3 is 20.9 Å². The average molecular weight is 694 g/mol. The number of H-pyrrole nitrogens is 1. The Morgan fingerprint density at radius 3 is 2.46 bits per heavy atom. The maximum absolute atomic E-state index is 13.7. The largest absolute Gasteiger partial charge is 0.361 e. The molecule has 0 bridgehead atoms.